The lowest BCUT2D eigenvalue weighted by Crippen LogP contribution is -2.51. The maximum absolute atomic E-state index is 13.2. The minimum atomic E-state index is -4.49. The van der Waals surface area contributed by atoms with Gasteiger partial charge in [-0.2, -0.15) is 5.21 Å². The molecule has 0 unspecified atom stereocenters. The van der Waals surface area contributed by atoms with Gasteiger partial charge in [0.05, 0.1) is 31.4 Å². The predicted molar refractivity (Wildman–Crippen MR) is 129 cm³/mol. The van der Waals surface area contributed by atoms with Crippen LogP contribution >= 0.6 is 35.3 Å². The minimum absolute atomic E-state index is 0. The number of thiazole rings is 1. The first-order valence-electron chi connectivity index (χ1n) is 8.98. The fourth-order valence-electron chi connectivity index (χ4n) is 3.49. The molecule has 2 aromatic carbocycles. The summed E-state index contributed by atoms with van der Waals surface area (Å²) in [7, 11) is -8.46. The van der Waals surface area contributed by atoms with Crippen LogP contribution in [0, 0.1) is 0 Å². The van der Waals surface area contributed by atoms with Crippen molar-refractivity contribution < 1.29 is 16.8 Å². The Morgan fingerprint density at radius 2 is 1.88 bits per heavy atom. The molecule has 0 radical (unpaired) electrons. The number of fused-ring (bicyclic) bond motifs is 1. The Kier molecular flexibility index (Phi) is 6.05. The van der Waals surface area contributed by atoms with Crippen LogP contribution in [0.15, 0.2) is 45.6 Å². The van der Waals surface area contributed by atoms with Gasteiger partial charge < -0.3 is 5.32 Å². The number of H-pyrrole nitrogens is 1. The highest BCUT2D eigenvalue weighted by molar-refractivity contribution is 14.0. The molecule has 11 nitrogen and oxygen atoms in total. The second kappa shape index (κ2) is 8.38. The molecule has 0 amide bonds. The molecule has 168 valence electrons. The Morgan fingerprint density at radius 1 is 1.09 bits per heavy atom. The number of nitrogens with zero attached hydrogens (tertiary/aromatic N) is 4. The Morgan fingerprint density at radius 3 is 2.50 bits per heavy atom. The number of hydrogen-bond acceptors (Lipinski definition) is 10. The standard InChI is InChI=1S/C17H15N7O4S3.HI/c18-31(27,28)16-14(30(25,26)10-6-19-7-10)4-2-11(15(16)17-21-23-24-22-17)9-1-3-13-12(5-9)20-8-29-13;/h1-5,8,10,19H,6-7H2,(H2,18,27,28)(H,21,22,23,24);1H. The van der Waals surface area contributed by atoms with Gasteiger partial charge in [0.15, 0.2) is 9.84 Å². The molecular weight excluding hydrogens is 589 g/mol. The summed E-state index contributed by atoms with van der Waals surface area (Å²) in [5.74, 6) is -0.0822. The van der Waals surface area contributed by atoms with Crippen molar-refractivity contribution in [3.05, 3.63) is 35.8 Å². The number of halogens is 1. The normalized spacial score (nSPS) is 14.8. The summed E-state index contributed by atoms with van der Waals surface area (Å²) in [6, 6.07) is 8.23. The number of rotatable bonds is 5. The topological polar surface area (TPSA) is 174 Å². The number of aromatic amines is 1. The van der Waals surface area contributed by atoms with Crippen molar-refractivity contribution in [2.45, 2.75) is 15.0 Å². The number of sulfone groups is 1. The number of nitrogens with two attached hydrogens (primary N) is 1. The van der Waals surface area contributed by atoms with E-state index in [0.717, 1.165) is 10.2 Å². The lowest BCUT2D eigenvalue weighted by molar-refractivity contribution is 0.493. The van der Waals surface area contributed by atoms with Gasteiger partial charge in [-0.1, -0.05) is 12.1 Å². The third-order valence-corrected chi connectivity index (χ3v) is 9.20. The van der Waals surface area contributed by atoms with Crippen molar-refractivity contribution in [3.63, 3.8) is 0 Å². The van der Waals surface area contributed by atoms with E-state index in [9.17, 15) is 16.8 Å². The monoisotopic (exact) mass is 605 g/mol. The summed E-state index contributed by atoms with van der Waals surface area (Å²) < 4.78 is 52.7. The zero-order valence-electron chi connectivity index (χ0n) is 16.1. The second-order valence-electron chi connectivity index (χ2n) is 6.96. The van der Waals surface area contributed by atoms with Gasteiger partial charge in [0.2, 0.25) is 15.8 Å². The number of nitrogens with one attached hydrogen (secondary N) is 2. The number of sulfonamides is 1. The van der Waals surface area contributed by atoms with E-state index in [-0.39, 0.29) is 53.3 Å². The van der Waals surface area contributed by atoms with Crippen LogP contribution in [0.5, 0.6) is 0 Å². The average Bonchev–Trinajstić information content (AvgIpc) is 3.35. The predicted octanol–water partition coefficient (Wildman–Crippen LogP) is 1.15. The van der Waals surface area contributed by atoms with Crippen molar-refractivity contribution in [1.82, 2.24) is 30.9 Å². The molecule has 1 saturated heterocycles. The van der Waals surface area contributed by atoms with Gasteiger partial charge >= 0.3 is 0 Å². The molecule has 2 aromatic heterocycles. The minimum Gasteiger partial charge on any atom is -0.314 e. The van der Waals surface area contributed by atoms with Crippen molar-refractivity contribution in [3.8, 4) is 22.5 Å². The Hall–Kier alpha value is -2.05. The number of aromatic nitrogens is 5. The lowest BCUT2D eigenvalue weighted by Gasteiger charge is -2.28. The summed E-state index contributed by atoms with van der Waals surface area (Å²) in [6.45, 7) is 0.457. The first kappa shape index (κ1) is 23.1. The molecule has 1 aliphatic heterocycles. The first-order valence-corrected chi connectivity index (χ1v) is 13.0. The molecule has 0 atom stereocenters. The first-order chi connectivity index (χ1) is 14.8. The summed E-state index contributed by atoms with van der Waals surface area (Å²) in [5, 5.41) is 21.3. The van der Waals surface area contributed by atoms with E-state index in [4.69, 9.17) is 5.14 Å². The van der Waals surface area contributed by atoms with Crippen molar-refractivity contribution in [2.75, 3.05) is 13.1 Å². The third kappa shape index (κ3) is 3.81. The molecule has 15 heteroatoms. The van der Waals surface area contributed by atoms with Crippen LogP contribution in [-0.4, -0.2) is 60.8 Å². The fraction of sp³-hybridized carbons (Fsp3) is 0.176. The Balaban J connectivity index is 0.00000245. The van der Waals surface area contributed by atoms with E-state index >= 15 is 0 Å². The molecule has 0 spiro atoms. The van der Waals surface area contributed by atoms with E-state index in [2.05, 4.69) is 30.9 Å². The van der Waals surface area contributed by atoms with Gasteiger partial charge in [0.1, 0.15) is 4.90 Å². The Bertz CT molecular complexity index is 1520. The average molecular weight is 605 g/mol. The van der Waals surface area contributed by atoms with Crippen LogP contribution in [0.1, 0.15) is 0 Å². The molecule has 0 saturated carbocycles. The van der Waals surface area contributed by atoms with E-state index in [0.29, 0.717) is 11.1 Å². The van der Waals surface area contributed by atoms with Crippen molar-refractivity contribution in [2.24, 2.45) is 5.14 Å². The van der Waals surface area contributed by atoms with Gasteiger partial charge in [0, 0.05) is 13.1 Å². The maximum atomic E-state index is 13.2. The molecule has 0 bridgehead atoms. The molecule has 1 aliphatic rings. The molecule has 5 rings (SSSR count). The molecular formula is C17H16IN7O4S3. The molecule has 4 N–H and O–H groups in total. The van der Waals surface area contributed by atoms with Crippen LogP contribution in [0.25, 0.3) is 32.7 Å². The molecule has 4 aromatic rings. The number of hydrogen-bond donors (Lipinski definition) is 3. The smallest absolute Gasteiger partial charge is 0.240 e. The van der Waals surface area contributed by atoms with Crippen LogP contribution in [0.2, 0.25) is 0 Å². The van der Waals surface area contributed by atoms with Gasteiger partial charge in [-0.15, -0.1) is 45.5 Å². The maximum Gasteiger partial charge on any atom is 0.240 e. The van der Waals surface area contributed by atoms with Gasteiger partial charge in [-0.05, 0) is 34.5 Å². The zero-order valence-corrected chi connectivity index (χ0v) is 20.9. The SMILES string of the molecule is I.NS(=O)(=O)c1c(S(=O)(=O)C2CNC2)ccc(-c2ccc3scnc3c2)c1-c1nn[nH]n1. The summed E-state index contributed by atoms with van der Waals surface area (Å²) in [5.41, 5.74) is 3.39. The highest BCUT2D eigenvalue weighted by atomic mass is 127. The van der Waals surface area contributed by atoms with E-state index in [1.54, 1.807) is 17.6 Å². The van der Waals surface area contributed by atoms with Gasteiger partial charge in [-0.3, -0.25) is 0 Å². The van der Waals surface area contributed by atoms with Gasteiger partial charge in [0.25, 0.3) is 0 Å². The van der Waals surface area contributed by atoms with Gasteiger partial charge in [-0.25, -0.2) is 27.0 Å². The summed E-state index contributed by atoms with van der Waals surface area (Å²) in [4.78, 5) is 3.37. The third-order valence-electron chi connectivity index (χ3n) is 5.11. The summed E-state index contributed by atoms with van der Waals surface area (Å²) >= 11 is 1.47. The van der Waals surface area contributed by atoms with Crippen molar-refractivity contribution >= 4 is 65.4 Å². The highest BCUT2D eigenvalue weighted by Crippen LogP contribution is 2.40. The number of benzene rings is 2. The lowest BCUT2D eigenvalue weighted by atomic mass is 9.99. The van der Waals surface area contributed by atoms with Crippen LogP contribution in [-0.2, 0) is 19.9 Å². The quantitative estimate of drug-likeness (QED) is 0.282. The second-order valence-corrected chi connectivity index (χ2v) is 11.5. The zero-order chi connectivity index (χ0) is 21.8. The van der Waals surface area contributed by atoms with Crippen LogP contribution in [0.4, 0.5) is 0 Å². The van der Waals surface area contributed by atoms with E-state index in [1.165, 1.54) is 23.5 Å². The molecule has 32 heavy (non-hydrogen) atoms. The largest absolute Gasteiger partial charge is 0.314 e. The molecule has 3 heterocycles. The van der Waals surface area contributed by atoms with E-state index < -0.39 is 30.0 Å². The number of primary sulfonamides is 1. The van der Waals surface area contributed by atoms with Crippen LogP contribution < -0.4 is 10.5 Å². The fourth-order valence-corrected chi connectivity index (χ4v) is 7.33. The Labute approximate surface area is 203 Å². The van der Waals surface area contributed by atoms with Crippen molar-refractivity contribution in [1.29, 1.82) is 0 Å². The highest BCUT2D eigenvalue weighted by Gasteiger charge is 2.38. The van der Waals surface area contributed by atoms with E-state index in [1.807, 2.05) is 6.07 Å². The molecule has 1 fully saturated rings. The summed E-state index contributed by atoms with van der Waals surface area (Å²) in [6.07, 6.45) is 0. The van der Waals surface area contributed by atoms with Crippen LogP contribution in [0.3, 0.4) is 0 Å². The number of tetrazole rings is 1. The molecule has 0 aliphatic carbocycles.